The second-order valence-electron chi connectivity index (χ2n) is 5.33. The fraction of sp³-hybridized carbons (Fsp3) is 0.267. The quantitative estimate of drug-likeness (QED) is 0.459. The summed E-state index contributed by atoms with van der Waals surface area (Å²) >= 11 is 0.947. The molecule has 3 aromatic rings. The van der Waals surface area contributed by atoms with Crippen molar-refractivity contribution in [3.63, 3.8) is 0 Å². The maximum absolute atomic E-state index is 13.0. The van der Waals surface area contributed by atoms with Crippen LogP contribution in [0.3, 0.4) is 0 Å². The van der Waals surface area contributed by atoms with Gasteiger partial charge in [-0.25, -0.2) is 9.97 Å². The summed E-state index contributed by atoms with van der Waals surface area (Å²) in [6.07, 6.45) is -5.30. The van der Waals surface area contributed by atoms with E-state index in [2.05, 4.69) is 15.0 Å². The summed E-state index contributed by atoms with van der Waals surface area (Å²) in [4.78, 5) is 11.3. The largest absolute Gasteiger partial charge is 0.444 e. The Morgan fingerprint density at radius 3 is 2.48 bits per heavy atom. The first-order valence-corrected chi connectivity index (χ1v) is 8.23. The molecular formula is C15H10F6N4OS. The Labute approximate surface area is 152 Å². The van der Waals surface area contributed by atoms with Gasteiger partial charge in [0.25, 0.3) is 0 Å². The minimum absolute atomic E-state index is 0.0628. The van der Waals surface area contributed by atoms with Crippen LogP contribution in [0.1, 0.15) is 17.0 Å². The molecule has 0 unspecified atom stereocenters. The van der Waals surface area contributed by atoms with E-state index in [4.69, 9.17) is 4.42 Å². The molecule has 3 aromatic heterocycles. The molecule has 0 aliphatic rings. The number of imidazole rings is 1. The van der Waals surface area contributed by atoms with E-state index in [1.54, 1.807) is 0 Å². The van der Waals surface area contributed by atoms with Crippen LogP contribution in [0.4, 0.5) is 26.3 Å². The topological polar surface area (TPSA) is 56.7 Å². The molecule has 0 aromatic carbocycles. The molecule has 0 aliphatic heterocycles. The molecule has 144 valence electrons. The smallest absolute Gasteiger partial charge is 0.433 e. The number of oxazole rings is 1. The number of halogens is 6. The van der Waals surface area contributed by atoms with E-state index in [1.165, 1.54) is 7.05 Å². The van der Waals surface area contributed by atoms with Crippen molar-refractivity contribution in [1.29, 1.82) is 0 Å². The molecule has 0 atom stereocenters. The monoisotopic (exact) mass is 408 g/mol. The third kappa shape index (κ3) is 4.10. The average Bonchev–Trinajstić information content (AvgIpc) is 3.18. The van der Waals surface area contributed by atoms with Gasteiger partial charge in [0.2, 0.25) is 5.89 Å². The number of alkyl halides is 6. The predicted octanol–water partition coefficient (Wildman–Crippen LogP) is 4.80. The van der Waals surface area contributed by atoms with E-state index in [-0.39, 0.29) is 28.1 Å². The molecule has 3 heterocycles. The molecule has 0 saturated carbocycles. The Bertz CT molecular complexity index is 946. The fourth-order valence-electron chi connectivity index (χ4n) is 2.24. The van der Waals surface area contributed by atoms with E-state index in [0.29, 0.717) is 6.20 Å². The maximum Gasteiger partial charge on any atom is 0.433 e. The van der Waals surface area contributed by atoms with Crippen LogP contribution in [0.5, 0.6) is 0 Å². The van der Waals surface area contributed by atoms with Crippen LogP contribution in [0.15, 0.2) is 40.5 Å². The maximum atomic E-state index is 13.0. The summed E-state index contributed by atoms with van der Waals surface area (Å²) in [5.74, 6) is -0.213. The zero-order valence-corrected chi connectivity index (χ0v) is 14.3. The Hall–Kier alpha value is -2.50. The van der Waals surface area contributed by atoms with E-state index < -0.39 is 23.6 Å². The van der Waals surface area contributed by atoms with Crippen LogP contribution in [0, 0.1) is 0 Å². The highest BCUT2D eigenvalue weighted by molar-refractivity contribution is 7.98. The molecule has 0 fully saturated rings. The first kappa shape index (κ1) is 19.3. The second-order valence-corrected chi connectivity index (χ2v) is 6.28. The zero-order chi connectivity index (χ0) is 19.8. The number of aromatic nitrogens is 4. The molecule has 0 N–H and O–H groups in total. The van der Waals surface area contributed by atoms with Crippen LogP contribution in [0.2, 0.25) is 0 Å². The van der Waals surface area contributed by atoms with Crippen molar-refractivity contribution in [2.45, 2.75) is 23.3 Å². The van der Waals surface area contributed by atoms with Crippen molar-refractivity contribution in [2.24, 2.45) is 7.05 Å². The molecule has 3 rings (SSSR count). The van der Waals surface area contributed by atoms with Crippen LogP contribution in [0.25, 0.3) is 11.5 Å². The van der Waals surface area contributed by atoms with E-state index in [0.717, 1.165) is 41.1 Å². The molecule has 0 aliphatic carbocycles. The Balaban J connectivity index is 1.78. The summed E-state index contributed by atoms with van der Waals surface area (Å²) in [5.41, 5.74) is -1.92. The Morgan fingerprint density at radius 2 is 1.85 bits per heavy atom. The second kappa shape index (κ2) is 6.91. The molecular weight excluding hydrogens is 398 g/mol. The lowest BCUT2D eigenvalue weighted by Crippen LogP contribution is -2.11. The van der Waals surface area contributed by atoms with Crippen molar-refractivity contribution in [3.05, 3.63) is 47.9 Å². The summed E-state index contributed by atoms with van der Waals surface area (Å²) in [6, 6.07) is 0.806. The van der Waals surface area contributed by atoms with Gasteiger partial charge in [0.1, 0.15) is 12.0 Å². The fourth-order valence-corrected chi connectivity index (χ4v) is 3.07. The Morgan fingerprint density at radius 1 is 1.11 bits per heavy atom. The first-order chi connectivity index (χ1) is 12.6. The number of thioether (sulfide) groups is 1. The van der Waals surface area contributed by atoms with Crippen molar-refractivity contribution in [3.8, 4) is 11.5 Å². The van der Waals surface area contributed by atoms with Gasteiger partial charge in [-0.3, -0.25) is 4.98 Å². The van der Waals surface area contributed by atoms with Gasteiger partial charge in [0.15, 0.2) is 5.16 Å². The van der Waals surface area contributed by atoms with Crippen LogP contribution in [-0.2, 0) is 25.2 Å². The van der Waals surface area contributed by atoms with Gasteiger partial charge in [-0.2, -0.15) is 26.3 Å². The lowest BCUT2D eigenvalue weighted by atomic mass is 10.1. The van der Waals surface area contributed by atoms with Gasteiger partial charge in [-0.1, -0.05) is 11.8 Å². The number of hydrogen-bond acceptors (Lipinski definition) is 5. The van der Waals surface area contributed by atoms with Crippen molar-refractivity contribution in [1.82, 2.24) is 19.5 Å². The number of rotatable bonds is 4. The normalized spacial score (nSPS) is 12.6. The first-order valence-electron chi connectivity index (χ1n) is 7.25. The van der Waals surface area contributed by atoms with Gasteiger partial charge in [0, 0.05) is 25.2 Å². The molecule has 0 spiro atoms. The molecule has 5 nitrogen and oxygen atoms in total. The Kier molecular flexibility index (Phi) is 4.93. The molecule has 12 heteroatoms. The van der Waals surface area contributed by atoms with Crippen LogP contribution >= 0.6 is 11.8 Å². The average molecular weight is 408 g/mol. The third-order valence-corrected chi connectivity index (χ3v) is 4.57. The van der Waals surface area contributed by atoms with Crippen LogP contribution < -0.4 is 0 Å². The van der Waals surface area contributed by atoms with Crippen LogP contribution in [-0.4, -0.2) is 19.5 Å². The van der Waals surface area contributed by atoms with E-state index in [9.17, 15) is 26.3 Å². The summed E-state index contributed by atoms with van der Waals surface area (Å²) in [5, 5.41) is 0.0873. The summed E-state index contributed by atoms with van der Waals surface area (Å²) in [7, 11) is 1.22. The van der Waals surface area contributed by atoms with Gasteiger partial charge >= 0.3 is 12.4 Å². The van der Waals surface area contributed by atoms with Crippen molar-refractivity contribution < 1.29 is 30.8 Å². The number of hydrogen-bond donors (Lipinski definition) is 0. The van der Waals surface area contributed by atoms with Crippen molar-refractivity contribution >= 4 is 11.8 Å². The highest BCUT2D eigenvalue weighted by Crippen LogP contribution is 2.36. The van der Waals surface area contributed by atoms with E-state index in [1.807, 2.05) is 0 Å². The molecule has 0 saturated heterocycles. The van der Waals surface area contributed by atoms with E-state index >= 15 is 0 Å². The number of nitrogens with zero attached hydrogens (tertiary/aromatic N) is 4. The SMILES string of the molecule is Cn1c(C(F)(F)F)cnc1SCc1coc(-c2cnccc2C(F)(F)F)n1. The minimum atomic E-state index is -4.61. The summed E-state index contributed by atoms with van der Waals surface area (Å²) in [6.45, 7) is 0. The minimum Gasteiger partial charge on any atom is -0.444 e. The molecule has 0 amide bonds. The standard InChI is InChI=1S/C15H10F6N4OS/c1-25-11(15(19,20)21)5-23-13(25)27-7-8-6-26-12(24-8)9-4-22-3-2-10(9)14(16,17)18/h2-6H,7H2,1H3. The predicted molar refractivity (Wildman–Crippen MR) is 82.5 cm³/mol. The third-order valence-electron chi connectivity index (χ3n) is 3.49. The van der Waals surface area contributed by atoms with Gasteiger partial charge in [-0.15, -0.1) is 0 Å². The summed E-state index contributed by atoms with van der Waals surface area (Å²) < 4.78 is 83.4. The van der Waals surface area contributed by atoms with Gasteiger partial charge in [-0.05, 0) is 6.07 Å². The van der Waals surface area contributed by atoms with Gasteiger partial charge < -0.3 is 8.98 Å². The lowest BCUT2D eigenvalue weighted by molar-refractivity contribution is -0.143. The highest BCUT2D eigenvalue weighted by Gasteiger charge is 2.36. The molecule has 0 bridgehead atoms. The van der Waals surface area contributed by atoms with Gasteiger partial charge in [0.05, 0.1) is 23.0 Å². The molecule has 27 heavy (non-hydrogen) atoms. The highest BCUT2D eigenvalue weighted by atomic mass is 32.2. The van der Waals surface area contributed by atoms with Crippen molar-refractivity contribution in [2.75, 3.05) is 0 Å². The zero-order valence-electron chi connectivity index (χ0n) is 13.5. The molecule has 0 radical (unpaired) electrons. The number of pyridine rings is 1. The lowest BCUT2D eigenvalue weighted by Gasteiger charge is -2.09.